The highest BCUT2D eigenvalue weighted by Gasteiger charge is 2.34. The molecule has 5 nitrogen and oxygen atoms in total. The number of hydrogen-bond donors (Lipinski definition) is 0. The van der Waals surface area contributed by atoms with Crippen molar-refractivity contribution in [2.45, 2.75) is 56.1 Å². The fourth-order valence-electron chi connectivity index (χ4n) is 4.66. The fourth-order valence-corrected chi connectivity index (χ4v) is 6.27. The first-order valence-corrected chi connectivity index (χ1v) is 12.1. The lowest BCUT2D eigenvalue weighted by Gasteiger charge is -2.41. The van der Waals surface area contributed by atoms with Gasteiger partial charge in [-0.25, -0.2) is 0 Å². The predicted molar refractivity (Wildman–Crippen MR) is 109 cm³/mol. The number of thiophene rings is 1. The van der Waals surface area contributed by atoms with Gasteiger partial charge in [-0.15, -0.1) is 21.5 Å². The first-order chi connectivity index (χ1) is 13.3. The summed E-state index contributed by atoms with van der Waals surface area (Å²) in [6.45, 7) is 1.91. The number of piperidine rings is 1. The first-order valence-electron chi connectivity index (χ1n) is 10.2. The average Bonchev–Trinajstić information content (AvgIpc) is 3.23. The highest BCUT2D eigenvalue weighted by molar-refractivity contribution is 7.99. The third-order valence-corrected chi connectivity index (χ3v) is 8.08. The van der Waals surface area contributed by atoms with Crippen LogP contribution in [0.25, 0.3) is 10.7 Å². The Balaban J connectivity index is 1.24. The molecule has 2 aromatic rings. The van der Waals surface area contributed by atoms with E-state index in [1.54, 1.807) is 23.1 Å². The van der Waals surface area contributed by atoms with Crippen molar-refractivity contribution in [1.29, 1.82) is 0 Å². The molecule has 2 atom stereocenters. The lowest BCUT2D eigenvalue weighted by molar-refractivity contribution is -0.131. The van der Waals surface area contributed by atoms with E-state index < -0.39 is 0 Å². The monoisotopic (exact) mass is 402 g/mol. The molecule has 3 aliphatic rings. The standard InChI is InChI=1S/C20H26N4OS2/c25-18(23-10-9-14-4-1-2-5-15(14)12-23)13-27-20-22-21-19(17-6-3-11-26-17)24(20)16-7-8-16/h3,6,11,14-16H,1-2,4-5,7-10,12-13H2/t14-,15+/m0/s1. The lowest BCUT2D eigenvalue weighted by atomic mass is 9.75. The molecule has 1 amide bonds. The molecule has 3 heterocycles. The second kappa shape index (κ2) is 7.59. The zero-order valence-electron chi connectivity index (χ0n) is 15.5. The average molecular weight is 403 g/mol. The van der Waals surface area contributed by atoms with Gasteiger partial charge in [0.25, 0.3) is 0 Å². The molecule has 2 aromatic heterocycles. The second-order valence-electron chi connectivity index (χ2n) is 8.11. The molecule has 0 radical (unpaired) electrons. The maximum absolute atomic E-state index is 12.8. The van der Waals surface area contributed by atoms with Crippen LogP contribution in [0.1, 0.15) is 51.0 Å². The minimum atomic E-state index is 0.270. The van der Waals surface area contributed by atoms with Crippen LogP contribution < -0.4 is 0 Å². The zero-order valence-corrected chi connectivity index (χ0v) is 17.2. The first kappa shape index (κ1) is 17.7. The lowest BCUT2D eigenvalue weighted by Crippen LogP contribution is -2.45. The summed E-state index contributed by atoms with van der Waals surface area (Å²) in [5, 5.41) is 11.9. The molecular weight excluding hydrogens is 376 g/mol. The summed E-state index contributed by atoms with van der Waals surface area (Å²) in [6, 6.07) is 4.66. The number of rotatable bonds is 5. The van der Waals surface area contributed by atoms with Gasteiger partial charge >= 0.3 is 0 Å². The van der Waals surface area contributed by atoms with Crippen LogP contribution in [-0.2, 0) is 4.79 Å². The van der Waals surface area contributed by atoms with Gasteiger partial charge in [0, 0.05) is 19.1 Å². The van der Waals surface area contributed by atoms with Gasteiger partial charge in [0.05, 0.1) is 10.6 Å². The van der Waals surface area contributed by atoms with Crippen molar-refractivity contribution in [3.05, 3.63) is 17.5 Å². The highest BCUT2D eigenvalue weighted by atomic mass is 32.2. The molecule has 0 unspecified atom stereocenters. The Labute approximate surface area is 168 Å². The smallest absolute Gasteiger partial charge is 0.233 e. The molecule has 3 fully saturated rings. The van der Waals surface area contributed by atoms with E-state index in [1.807, 2.05) is 0 Å². The molecule has 0 bridgehead atoms. The van der Waals surface area contributed by atoms with E-state index in [0.717, 1.165) is 40.8 Å². The zero-order chi connectivity index (χ0) is 18.2. The Morgan fingerprint density at radius 3 is 2.78 bits per heavy atom. The number of aromatic nitrogens is 3. The third kappa shape index (κ3) is 3.68. The van der Waals surface area contributed by atoms with E-state index in [9.17, 15) is 4.79 Å². The Bertz CT molecular complexity index is 799. The maximum atomic E-state index is 12.8. The van der Waals surface area contributed by atoms with Crippen molar-refractivity contribution < 1.29 is 4.79 Å². The molecule has 27 heavy (non-hydrogen) atoms. The van der Waals surface area contributed by atoms with Crippen molar-refractivity contribution in [3.63, 3.8) is 0 Å². The number of carbonyl (C=O) groups is 1. The van der Waals surface area contributed by atoms with E-state index in [2.05, 4.69) is 37.2 Å². The van der Waals surface area contributed by atoms with Gasteiger partial charge < -0.3 is 4.90 Å². The minimum absolute atomic E-state index is 0.270. The summed E-state index contributed by atoms with van der Waals surface area (Å²) < 4.78 is 2.26. The van der Waals surface area contributed by atoms with Gasteiger partial charge in [-0.3, -0.25) is 9.36 Å². The van der Waals surface area contributed by atoms with E-state index in [1.165, 1.54) is 44.9 Å². The molecule has 0 N–H and O–H groups in total. The third-order valence-electron chi connectivity index (χ3n) is 6.29. The number of amides is 1. The number of nitrogens with zero attached hydrogens (tertiary/aromatic N) is 4. The summed E-state index contributed by atoms with van der Waals surface area (Å²) in [6.07, 6.45) is 8.98. The molecule has 0 aromatic carbocycles. The molecule has 144 valence electrons. The number of fused-ring (bicyclic) bond motifs is 1. The number of hydrogen-bond acceptors (Lipinski definition) is 5. The van der Waals surface area contributed by atoms with E-state index in [4.69, 9.17) is 0 Å². The second-order valence-corrected chi connectivity index (χ2v) is 10.00. The van der Waals surface area contributed by atoms with E-state index in [0.29, 0.717) is 11.8 Å². The van der Waals surface area contributed by atoms with Crippen LogP contribution in [0.3, 0.4) is 0 Å². The van der Waals surface area contributed by atoms with Crippen LogP contribution in [0.2, 0.25) is 0 Å². The predicted octanol–water partition coefficient (Wildman–Crippen LogP) is 4.47. The van der Waals surface area contributed by atoms with E-state index in [-0.39, 0.29) is 5.91 Å². The molecule has 2 aliphatic carbocycles. The Morgan fingerprint density at radius 2 is 2.00 bits per heavy atom. The molecule has 5 rings (SSSR count). The van der Waals surface area contributed by atoms with E-state index >= 15 is 0 Å². The summed E-state index contributed by atoms with van der Waals surface area (Å²) in [5.41, 5.74) is 0. The Kier molecular flexibility index (Phi) is 4.98. The van der Waals surface area contributed by atoms with Crippen LogP contribution in [0, 0.1) is 11.8 Å². The molecule has 0 spiro atoms. The summed E-state index contributed by atoms with van der Waals surface area (Å²) >= 11 is 3.27. The molecule has 2 saturated carbocycles. The number of likely N-dealkylation sites (tertiary alicyclic amines) is 1. The minimum Gasteiger partial charge on any atom is -0.342 e. The highest BCUT2D eigenvalue weighted by Crippen LogP contribution is 2.42. The largest absolute Gasteiger partial charge is 0.342 e. The molecule has 1 saturated heterocycles. The van der Waals surface area contributed by atoms with Gasteiger partial charge in [-0.2, -0.15) is 0 Å². The summed E-state index contributed by atoms with van der Waals surface area (Å²) in [7, 11) is 0. The van der Waals surface area contributed by atoms with Crippen LogP contribution >= 0.6 is 23.1 Å². The van der Waals surface area contributed by atoms with Crippen molar-refractivity contribution in [2.75, 3.05) is 18.8 Å². The van der Waals surface area contributed by atoms with Crippen LogP contribution in [-0.4, -0.2) is 44.4 Å². The maximum Gasteiger partial charge on any atom is 0.233 e. The quantitative estimate of drug-likeness (QED) is 0.692. The van der Waals surface area contributed by atoms with Crippen molar-refractivity contribution in [3.8, 4) is 10.7 Å². The van der Waals surface area contributed by atoms with Gasteiger partial charge in [-0.1, -0.05) is 37.1 Å². The Morgan fingerprint density at radius 1 is 1.15 bits per heavy atom. The normalized spacial score (nSPS) is 25.4. The van der Waals surface area contributed by atoms with Gasteiger partial charge in [-0.05, 0) is 49.0 Å². The fraction of sp³-hybridized carbons (Fsp3) is 0.650. The topological polar surface area (TPSA) is 51.0 Å². The van der Waals surface area contributed by atoms with Crippen LogP contribution in [0.5, 0.6) is 0 Å². The van der Waals surface area contributed by atoms with Crippen molar-refractivity contribution in [1.82, 2.24) is 19.7 Å². The van der Waals surface area contributed by atoms with Gasteiger partial charge in [0.1, 0.15) is 0 Å². The number of thioether (sulfide) groups is 1. The molecule has 7 heteroatoms. The summed E-state index contributed by atoms with van der Waals surface area (Å²) in [5.74, 6) is 3.31. The van der Waals surface area contributed by atoms with Crippen LogP contribution in [0.15, 0.2) is 22.7 Å². The summed E-state index contributed by atoms with van der Waals surface area (Å²) in [4.78, 5) is 16.1. The van der Waals surface area contributed by atoms with Crippen molar-refractivity contribution >= 4 is 29.0 Å². The van der Waals surface area contributed by atoms with Gasteiger partial charge in [0.15, 0.2) is 11.0 Å². The Hall–Kier alpha value is -1.34. The number of carbonyl (C=O) groups excluding carboxylic acids is 1. The molecule has 1 aliphatic heterocycles. The van der Waals surface area contributed by atoms with Crippen LogP contribution in [0.4, 0.5) is 0 Å². The van der Waals surface area contributed by atoms with Gasteiger partial charge in [0.2, 0.25) is 5.91 Å². The van der Waals surface area contributed by atoms with Crippen molar-refractivity contribution in [2.24, 2.45) is 11.8 Å². The molecular formula is C20H26N4OS2. The SMILES string of the molecule is O=C(CSc1nnc(-c2cccs2)n1C1CC1)N1CC[C@@H]2CCCC[C@@H]2C1.